The number of anilines is 1. The molecule has 0 aromatic heterocycles. The van der Waals surface area contributed by atoms with Crippen LogP contribution in [0.15, 0.2) is 72.8 Å². The van der Waals surface area contributed by atoms with Crippen LogP contribution in [-0.2, 0) is 11.3 Å². The van der Waals surface area contributed by atoms with E-state index >= 15 is 0 Å². The smallest absolute Gasteiger partial charge is 0.339 e. The fourth-order valence-corrected chi connectivity index (χ4v) is 3.73. The van der Waals surface area contributed by atoms with Gasteiger partial charge in [-0.1, -0.05) is 82.3 Å². The quantitative estimate of drug-likeness (QED) is 0.336. The molecule has 32 heavy (non-hydrogen) atoms. The Morgan fingerprint density at radius 3 is 2.41 bits per heavy atom. The molecule has 0 amide bonds. The monoisotopic (exact) mass is 431 g/mol. The summed E-state index contributed by atoms with van der Waals surface area (Å²) in [6.07, 6.45) is 11.5. The number of carbonyl (C=O) groups excluding carboxylic acids is 1. The number of benzene rings is 2. The van der Waals surface area contributed by atoms with Gasteiger partial charge in [-0.2, -0.15) is 0 Å². The normalized spacial score (nSPS) is 23.6. The standard InChI is InChI=1S/C28H33NO3/c1-19-13-15-28(3,4)16-14-20(2)25(17-19)21-9-11-23(12-10-21)32-18-22-7-6-8-24(26(22)29)27(30)31-5/h6-17,19-20H,18,29H2,1-5H3/b15-13-,16-14-,25-17+. The van der Waals surface area contributed by atoms with Gasteiger partial charge in [0.05, 0.1) is 18.4 Å². The topological polar surface area (TPSA) is 61.5 Å². The Morgan fingerprint density at radius 1 is 1.03 bits per heavy atom. The van der Waals surface area contributed by atoms with Crippen molar-refractivity contribution in [3.63, 3.8) is 0 Å². The van der Waals surface area contributed by atoms with Crippen LogP contribution in [0, 0.1) is 17.3 Å². The molecule has 2 N–H and O–H groups in total. The highest BCUT2D eigenvalue weighted by molar-refractivity contribution is 5.95. The summed E-state index contributed by atoms with van der Waals surface area (Å²) in [4.78, 5) is 11.8. The first kappa shape index (κ1) is 23.4. The minimum atomic E-state index is -0.451. The molecule has 2 aromatic rings. The van der Waals surface area contributed by atoms with E-state index in [1.54, 1.807) is 12.1 Å². The van der Waals surface area contributed by atoms with Crippen molar-refractivity contribution in [1.29, 1.82) is 0 Å². The van der Waals surface area contributed by atoms with Crippen LogP contribution in [0.25, 0.3) is 5.57 Å². The summed E-state index contributed by atoms with van der Waals surface area (Å²) in [5.74, 6) is 0.960. The number of ether oxygens (including phenoxy) is 2. The third-order valence-corrected chi connectivity index (χ3v) is 5.76. The van der Waals surface area contributed by atoms with E-state index in [2.05, 4.69) is 70.2 Å². The van der Waals surface area contributed by atoms with Gasteiger partial charge in [-0.15, -0.1) is 0 Å². The number of hydrogen-bond acceptors (Lipinski definition) is 4. The number of esters is 1. The molecule has 4 heteroatoms. The Kier molecular flexibility index (Phi) is 7.24. The molecule has 0 radical (unpaired) electrons. The number of nitrogens with two attached hydrogens (primary N) is 1. The molecule has 0 saturated heterocycles. The lowest BCUT2D eigenvalue weighted by Crippen LogP contribution is -2.09. The number of rotatable bonds is 5. The highest BCUT2D eigenvalue weighted by Crippen LogP contribution is 2.32. The van der Waals surface area contributed by atoms with Gasteiger partial charge in [0.1, 0.15) is 12.4 Å². The van der Waals surface area contributed by atoms with Crippen LogP contribution in [0.3, 0.4) is 0 Å². The number of carbonyl (C=O) groups is 1. The summed E-state index contributed by atoms with van der Waals surface area (Å²) < 4.78 is 10.7. The second kappa shape index (κ2) is 9.90. The fraction of sp³-hybridized carbons (Fsp3) is 0.321. The van der Waals surface area contributed by atoms with Crippen LogP contribution in [0.4, 0.5) is 5.69 Å². The summed E-state index contributed by atoms with van der Waals surface area (Å²) in [6.45, 7) is 9.18. The zero-order valence-corrected chi connectivity index (χ0v) is 19.6. The maximum atomic E-state index is 11.8. The molecular weight excluding hydrogens is 398 g/mol. The van der Waals surface area contributed by atoms with Gasteiger partial charge in [-0.3, -0.25) is 0 Å². The van der Waals surface area contributed by atoms with E-state index in [9.17, 15) is 4.79 Å². The van der Waals surface area contributed by atoms with Crippen molar-refractivity contribution >= 4 is 17.2 Å². The van der Waals surface area contributed by atoms with Crippen molar-refractivity contribution in [1.82, 2.24) is 0 Å². The Morgan fingerprint density at radius 2 is 1.72 bits per heavy atom. The summed E-state index contributed by atoms with van der Waals surface area (Å²) in [5.41, 5.74) is 10.2. The van der Waals surface area contributed by atoms with Crippen molar-refractivity contribution in [2.24, 2.45) is 17.3 Å². The van der Waals surface area contributed by atoms with Crippen LogP contribution in [0.1, 0.15) is 49.2 Å². The zero-order chi connectivity index (χ0) is 23.3. The van der Waals surface area contributed by atoms with E-state index in [1.807, 2.05) is 18.2 Å². The Labute approximate surface area is 191 Å². The van der Waals surface area contributed by atoms with Crippen LogP contribution in [0.2, 0.25) is 0 Å². The van der Waals surface area contributed by atoms with Gasteiger partial charge in [-0.25, -0.2) is 4.79 Å². The second-order valence-corrected chi connectivity index (χ2v) is 8.99. The molecule has 0 spiro atoms. The minimum Gasteiger partial charge on any atom is -0.489 e. The third-order valence-electron chi connectivity index (χ3n) is 5.76. The third kappa shape index (κ3) is 5.70. The molecule has 2 atom stereocenters. The van der Waals surface area contributed by atoms with E-state index in [1.165, 1.54) is 18.2 Å². The summed E-state index contributed by atoms with van der Waals surface area (Å²) in [5, 5.41) is 0. The molecular formula is C28H33NO3. The summed E-state index contributed by atoms with van der Waals surface area (Å²) in [6, 6.07) is 13.4. The lowest BCUT2D eigenvalue weighted by Gasteiger charge is -2.17. The summed E-state index contributed by atoms with van der Waals surface area (Å²) >= 11 is 0. The largest absolute Gasteiger partial charge is 0.489 e. The maximum absolute atomic E-state index is 11.8. The molecule has 1 aliphatic rings. The predicted octanol–water partition coefficient (Wildman–Crippen LogP) is 6.44. The van der Waals surface area contributed by atoms with Crippen molar-refractivity contribution in [2.45, 2.75) is 34.3 Å². The molecule has 0 fully saturated rings. The van der Waals surface area contributed by atoms with E-state index in [-0.39, 0.29) is 12.0 Å². The number of allylic oxidation sites excluding steroid dienone is 6. The van der Waals surface area contributed by atoms with E-state index < -0.39 is 5.97 Å². The van der Waals surface area contributed by atoms with Gasteiger partial charge in [-0.05, 0) is 41.2 Å². The number of para-hydroxylation sites is 1. The molecule has 168 valence electrons. The number of methoxy groups -OCH3 is 1. The van der Waals surface area contributed by atoms with Gasteiger partial charge in [0.2, 0.25) is 0 Å². The second-order valence-electron chi connectivity index (χ2n) is 8.99. The average molecular weight is 432 g/mol. The molecule has 3 rings (SSSR count). The minimum absolute atomic E-state index is 0.0521. The van der Waals surface area contributed by atoms with E-state index in [4.69, 9.17) is 15.2 Å². The molecule has 4 nitrogen and oxygen atoms in total. The van der Waals surface area contributed by atoms with Crippen molar-refractivity contribution in [3.05, 3.63) is 89.5 Å². The number of hydrogen-bond donors (Lipinski definition) is 1. The highest BCUT2D eigenvalue weighted by atomic mass is 16.5. The zero-order valence-electron chi connectivity index (χ0n) is 19.6. The predicted molar refractivity (Wildman–Crippen MR) is 131 cm³/mol. The lowest BCUT2D eigenvalue weighted by molar-refractivity contribution is 0.0602. The van der Waals surface area contributed by atoms with Gasteiger partial charge in [0.15, 0.2) is 0 Å². The molecule has 0 bridgehead atoms. The number of nitrogen functional groups attached to an aromatic ring is 1. The van der Waals surface area contributed by atoms with Gasteiger partial charge >= 0.3 is 5.97 Å². The first-order valence-corrected chi connectivity index (χ1v) is 11.0. The van der Waals surface area contributed by atoms with Crippen molar-refractivity contribution < 1.29 is 14.3 Å². The van der Waals surface area contributed by atoms with Gasteiger partial charge < -0.3 is 15.2 Å². The van der Waals surface area contributed by atoms with Crippen LogP contribution < -0.4 is 10.5 Å². The Hall–Kier alpha value is -3.27. The van der Waals surface area contributed by atoms with Crippen LogP contribution in [0.5, 0.6) is 5.75 Å². The van der Waals surface area contributed by atoms with Crippen LogP contribution >= 0.6 is 0 Å². The van der Waals surface area contributed by atoms with Crippen molar-refractivity contribution in [3.8, 4) is 5.75 Å². The molecule has 2 unspecified atom stereocenters. The van der Waals surface area contributed by atoms with E-state index in [0.717, 1.165) is 11.3 Å². The van der Waals surface area contributed by atoms with Crippen LogP contribution in [-0.4, -0.2) is 13.1 Å². The van der Waals surface area contributed by atoms with Gasteiger partial charge in [0, 0.05) is 11.0 Å². The maximum Gasteiger partial charge on any atom is 0.339 e. The molecule has 1 aliphatic carbocycles. The molecule has 0 saturated carbocycles. The molecule has 0 heterocycles. The first-order chi connectivity index (χ1) is 15.2. The van der Waals surface area contributed by atoms with Crippen molar-refractivity contribution in [2.75, 3.05) is 12.8 Å². The Balaban J connectivity index is 1.76. The summed E-state index contributed by atoms with van der Waals surface area (Å²) in [7, 11) is 1.34. The van der Waals surface area contributed by atoms with E-state index in [0.29, 0.717) is 23.1 Å². The fourth-order valence-electron chi connectivity index (χ4n) is 3.73. The highest BCUT2D eigenvalue weighted by Gasteiger charge is 2.16. The Bertz CT molecular complexity index is 1040. The average Bonchev–Trinajstić information content (AvgIpc) is 2.83. The SMILES string of the molecule is COC(=O)c1cccc(COc2ccc(/C3=C/C(C)/C=C\C(C)(C)/C=C\C3C)cc2)c1N. The first-order valence-electron chi connectivity index (χ1n) is 11.0. The molecule has 2 aromatic carbocycles. The van der Waals surface area contributed by atoms with Gasteiger partial charge in [0.25, 0.3) is 0 Å². The lowest BCUT2D eigenvalue weighted by atomic mass is 9.89. The molecule has 0 aliphatic heterocycles.